The first-order chi connectivity index (χ1) is 12.5. The first-order valence-electron chi connectivity index (χ1n) is 8.62. The van der Waals surface area contributed by atoms with Gasteiger partial charge in [0.25, 0.3) is 11.5 Å². The second kappa shape index (κ2) is 7.49. The summed E-state index contributed by atoms with van der Waals surface area (Å²) in [6.07, 6.45) is 0. The lowest BCUT2D eigenvalue weighted by Crippen LogP contribution is -3.07. The summed E-state index contributed by atoms with van der Waals surface area (Å²) in [5, 5.41) is 3.22. The minimum Gasteiger partial charge on any atom is -0.355 e. The van der Waals surface area contributed by atoms with Crippen LogP contribution in [0.2, 0.25) is 0 Å². The van der Waals surface area contributed by atoms with Gasteiger partial charge in [0.15, 0.2) is 5.82 Å². The first kappa shape index (κ1) is 17.8. The summed E-state index contributed by atoms with van der Waals surface area (Å²) in [4.78, 5) is 32.6. The highest BCUT2D eigenvalue weighted by molar-refractivity contribution is 5.93. The van der Waals surface area contributed by atoms with Crippen molar-refractivity contribution in [2.75, 3.05) is 14.1 Å². The zero-order valence-electron chi connectivity index (χ0n) is 15.2. The van der Waals surface area contributed by atoms with E-state index in [1.54, 1.807) is 13.1 Å². The van der Waals surface area contributed by atoms with Crippen LogP contribution in [-0.2, 0) is 6.54 Å². The van der Waals surface area contributed by atoms with Crippen molar-refractivity contribution in [1.29, 1.82) is 0 Å². The number of nitrogens with zero attached hydrogens (tertiary/aromatic N) is 1. The molecule has 1 amide bonds. The Morgan fingerprint density at radius 2 is 1.88 bits per heavy atom. The Morgan fingerprint density at radius 3 is 2.58 bits per heavy atom. The molecule has 0 aliphatic heterocycles. The van der Waals surface area contributed by atoms with Gasteiger partial charge in [-0.1, -0.05) is 24.3 Å². The molecule has 0 fully saturated rings. The van der Waals surface area contributed by atoms with Gasteiger partial charge in [-0.05, 0) is 31.2 Å². The lowest BCUT2D eigenvalue weighted by atomic mass is 10.1. The van der Waals surface area contributed by atoms with Crippen LogP contribution in [0, 0.1) is 0 Å². The molecule has 26 heavy (non-hydrogen) atoms. The Hall–Kier alpha value is -2.99. The van der Waals surface area contributed by atoms with Gasteiger partial charge in [-0.3, -0.25) is 9.59 Å². The Labute approximate surface area is 151 Å². The maximum atomic E-state index is 12.3. The third-order valence-corrected chi connectivity index (χ3v) is 4.71. The quantitative estimate of drug-likeness (QED) is 0.643. The number of para-hydroxylation sites is 1. The van der Waals surface area contributed by atoms with Gasteiger partial charge in [0.1, 0.15) is 12.6 Å². The van der Waals surface area contributed by atoms with Crippen molar-refractivity contribution in [3.63, 3.8) is 0 Å². The molecular formula is C20H23N4O2+. The standard InChI is InChI=1S/C20H22N4O2/c1-13(18-22-17-7-5-4-6-16(17)20(26)23-18)24(3)12-14-8-10-15(11-9-14)19(25)21-2/h4-11,13H,12H2,1-3H3,(H,21,25)(H,22,23,26)/p+1/t13-/m1/s1. The topological polar surface area (TPSA) is 79.3 Å². The van der Waals surface area contributed by atoms with Crippen molar-refractivity contribution in [2.45, 2.75) is 19.5 Å². The molecule has 2 aromatic carbocycles. The van der Waals surface area contributed by atoms with Gasteiger partial charge < -0.3 is 15.2 Å². The molecule has 1 heterocycles. The number of carbonyl (C=O) groups is 1. The minimum atomic E-state index is -0.111. The molecule has 3 aromatic rings. The molecule has 0 radical (unpaired) electrons. The largest absolute Gasteiger partial charge is 0.355 e. The van der Waals surface area contributed by atoms with E-state index in [2.05, 4.69) is 22.3 Å². The number of hydrogen-bond donors (Lipinski definition) is 3. The van der Waals surface area contributed by atoms with Crippen LogP contribution in [0.5, 0.6) is 0 Å². The van der Waals surface area contributed by atoms with Crippen molar-refractivity contribution in [2.24, 2.45) is 0 Å². The van der Waals surface area contributed by atoms with Crippen molar-refractivity contribution in [1.82, 2.24) is 15.3 Å². The van der Waals surface area contributed by atoms with Gasteiger partial charge in [0.2, 0.25) is 0 Å². The molecule has 0 aliphatic carbocycles. The lowest BCUT2D eigenvalue weighted by Gasteiger charge is -2.21. The van der Waals surface area contributed by atoms with Crippen LogP contribution in [0.3, 0.4) is 0 Å². The van der Waals surface area contributed by atoms with E-state index in [1.165, 1.54) is 4.90 Å². The number of benzene rings is 2. The predicted octanol–water partition coefficient (Wildman–Crippen LogP) is 1.06. The van der Waals surface area contributed by atoms with E-state index in [0.29, 0.717) is 22.3 Å². The number of hydrogen-bond acceptors (Lipinski definition) is 3. The second-order valence-corrected chi connectivity index (χ2v) is 6.49. The van der Waals surface area contributed by atoms with Gasteiger partial charge in [0.05, 0.1) is 18.0 Å². The SMILES string of the molecule is CNC(=O)c1ccc(C[NH+](C)[C@H](C)c2nc3ccccc3c(=O)[nH]2)cc1. The number of nitrogens with one attached hydrogen (secondary N) is 3. The monoisotopic (exact) mass is 351 g/mol. The molecule has 0 aliphatic rings. The van der Waals surface area contributed by atoms with E-state index in [1.807, 2.05) is 49.4 Å². The highest BCUT2D eigenvalue weighted by atomic mass is 16.1. The van der Waals surface area contributed by atoms with Crippen LogP contribution in [0.25, 0.3) is 10.9 Å². The number of carbonyl (C=O) groups excluding carboxylic acids is 1. The van der Waals surface area contributed by atoms with E-state index in [0.717, 1.165) is 12.1 Å². The van der Waals surface area contributed by atoms with Crippen molar-refractivity contribution >= 4 is 16.8 Å². The third kappa shape index (κ3) is 3.65. The number of H-pyrrole nitrogens is 1. The lowest BCUT2D eigenvalue weighted by molar-refractivity contribution is -0.924. The van der Waals surface area contributed by atoms with E-state index in [9.17, 15) is 9.59 Å². The fourth-order valence-corrected chi connectivity index (χ4v) is 2.94. The summed E-state index contributed by atoms with van der Waals surface area (Å²) < 4.78 is 0. The first-order valence-corrected chi connectivity index (χ1v) is 8.62. The molecule has 6 heteroatoms. The maximum absolute atomic E-state index is 12.3. The van der Waals surface area contributed by atoms with Crippen LogP contribution < -0.4 is 15.8 Å². The second-order valence-electron chi connectivity index (χ2n) is 6.49. The average Bonchev–Trinajstić information content (AvgIpc) is 2.67. The van der Waals surface area contributed by atoms with E-state index in [-0.39, 0.29) is 17.5 Å². The van der Waals surface area contributed by atoms with Crippen molar-refractivity contribution in [3.05, 3.63) is 75.8 Å². The average molecular weight is 351 g/mol. The van der Waals surface area contributed by atoms with Crippen LogP contribution >= 0.6 is 0 Å². The molecule has 134 valence electrons. The molecule has 0 bridgehead atoms. The molecule has 3 rings (SSSR count). The van der Waals surface area contributed by atoms with E-state index >= 15 is 0 Å². The summed E-state index contributed by atoms with van der Waals surface area (Å²) in [5.41, 5.74) is 2.36. The van der Waals surface area contributed by atoms with Crippen LogP contribution in [-0.4, -0.2) is 30.0 Å². The number of amides is 1. The van der Waals surface area contributed by atoms with Gasteiger partial charge in [0, 0.05) is 18.2 Å². The summed E-state index contributed by atoms with van der Waals surface area (Å²) in [5.74, 6) is 0.580. The Bertz CT molecular complexity index is 979. The molecular weight excluding hydrogens is 328 g/mol. The summed E-state index contributed by atoms with van der Waals surface area (Å²) >= 11 is 0. The zero-order chi connectivity index (χ0) is 18.7. The van der Waals surface area contributed by atoms with Crippen molar-refractivity contribution < 1.29 is 9.69 Å². The number of aromatic amines is 1. The van der Waals surface area contributed by atoms with Gasteiger partial charge >= 0.3 is 0 Å². The number of quaternary nitrogens is 1. The number of aromatic nitrogens is 2. The zero-order valence-corrected chi connectivity index (χ0v) is 15.2. The maximum Gasteiger partial charge on any atom is 0.258 e. The fraction of sp³-hybridized carbons (Fsp3) is 0.250. The van der Waals surface area contributed by atoms with Gasteiger partial charge in [-0.2, -0.15) is 0 Å². The fourth-order valence-electron chi connectivity index (χ4n) is 2.94. The van der Waals surface area contributed by atoms with Crippen LogP contribution in [0.1, 0.15) is 34.7 Å². The molecule has 6 nitrogen and oxygen atoms in total. The Balaban J connectivity index is 1.78. The smallest absolute Gasteiger partial charge is 0.258 e. The molecule has 0 spiro atoms. The minimum absolute atomic E-state index is 0.0194. The molecule has 1 aromatic heterocycles. The van der Waals surface area contributed by atoms with E-state index < -0.39 is 0 Å². The van der Waals surface area contributed by atoms with Crippen LogP contribution in [0.4, 0.5) is 0 Å². The highest BCUT2D eigenvalue weighted by Gasteiger charge is 2.19. The Kier molecular flexibility index (Phi) is 5.14. The molecule has 2 atom stereocenters. The van der Waals surface area contributed by atoms with Gasteiger partial charge in [-0.25, -0.2) is 4.98 Å². The molecule has 1 unspecified atom stereocenters. The number of fused-ring (bicyclic) bond motifs is 1. The molecule has 0 saturated carbocycles. The summed E-state index contributed by atoms with van der Waals surface area (Å²) in [6, 6.07) is 14.9. The molecule has 3 N–H and O–H groups in total. The van der Waals surface area contributed by atoms with E-state index in [4.69, 9.17) is 0 Å². The predicted molar refractivity (Wildman–Crippen MR) is 101 cm³/mol. The van der Waals surface area contributed by atoms with Crippen molar-refractivity contribution in [3.8, 4) is 0 Å². The van der Waals surface area contributed by atoms with Gasteiger partial charge in [-0.15, -0.1) is 0 Å². The summed E-state index contributed by atoms with van der Waals surface area (Å²) in [7, 11) is 3.68. The summed E-state index contributed by atoms with van der Waals surface area (Å²) in [6.45, 7) is 2.80. The number of rotatable bonds is 5. The highest BCUT2D eigenvalue weighted by Crippen LogP contribution is 2.09. The van der Waals surface area contributed by atoms with Crippen LogP contribution in [0.15, 0.2) is 53.3 Å². The Morgan fingerprint density at radius 1 is 1.19 bits per heavy atom. The normalized spacial score (nSPS) is 13.3. The third-order valence-electron chi connectivity index (χ3n) is 4.71. The molecule has 0 saturated heterocycles.